The molecular weight excluding hydrogens is 252 g/mol. The highest BCUT2D eigenvalue weighted by atomic mass is 16.6. The second-order valence-corrected chi connectivity index (χ2v) is 5.50. The molecule has 1 amide bonds. The Morgan fingerprint density at radius 3 is 2.58 bits per heavy atom. The largest absolute Gasteiger partial charge is 0.461 e. The predicted octanol–water partition coefficient (Wildman–Crippen LogP) is -0.221. The highest BCUT2D eigenvalue weighted by Gasteiger charge is 2.45. The molecule has 1 fully saturated rings. The normalized spacial score (nSPS) is 22.9. The minimum Gasteiger partial charge on any atom is -0.461 e. The van der Waals surface area contributed by atoms with Crippen molar-refractivity contribution in [3.8, 4) is 0 Å². The SMILES string of the molecule is CC(C)(C)OC(=O)NC1(C(=O)OCCO)CCNC1. The second-order valence-electron chi connectivity index (χ2n) is 5.50. The predicted molar refractivity (Wildman–Crippen MR) is 67.6 cm³/mol. The van der Waals surface area contributed by atoms with Crippen LogP contribution in [0, 0.1) is 0 Å². The number of ether oxygens (including phenoxy) is 2. The average molecular weight is 274 g/mol. The van der Waals surface area contributed by atoms with E-state index in [2.05, 4.69) is 10.6 Å². The Balaban J connectivity index is 2.66. The van der Waals surface area contributed by atoms with Crippen molar-refractivity contribution in [2.75, 3.05) is 26.3 Å². The molecule has 0 bridgehead atoms. The van der Waals surface area contributed by atoms with Gasteiger partial charge in [-0.05, 0) is 33.7 Å². The summed E-state index contributed by atoms with van der Waals surface area (Å²) in [6.45, 7) is 5.79. The average Bonchev–Trinajstić information content (AvgIpc) is 2.72. The van der Waals surface area contributed by atoms with E-state index in [0.29, 0.717) is 13.0 Å². The maximum absolute atomic E-state index is 12.0. The number of aliphatic hydroxyl groups is 1. The molecule has 0 aromatic carbocycles. The molecule has 7 heteroatoms. The number of aliphatic hydroxyl groups excluding tert-OH is 1. The van der Waals surface area contributed by atoms with Crippen LogP contribution in [-0.4, -0.2) is 54.6 Å². The topological polar surface area (TPSA) is 96.9 Å². The highest BCUT2D eigenvalue weighted by molar-refractivity contribution is 5.86. The molecule has 0 aromatic heterocycles. The van der Waals surface area contributed by atoms with Gasteiger partial charge in [-0.15, -0.1) is 0 Å². The fraction of sp³-hybridized carbons (Fsp3) is 0.833. The molecule has 0 radical (unpaired) electrons. The Labute approximate surface area is 112 Å². The first-order chi connectivity index (χ1) is 8.79. The zero-order valence-electron chi connectivity index (χ0n) is 11.6. The standard InChI is InChI=1S/C12H22N2O5/c1-11(2,3)19-10(17)14-12(4-5-13-8-12)9(16)18-7-6-15/h13,15H,4-8H2,1-3H3,(H,14,17). The lowest BCUT2D eigenvalue weighted by molar-refractivity contribution is -0.151. The van der Waals surface area contributed by atoms with Crippen molar-refractivity contribution in [3.63, 3.8) is 0 Å². The van der Waals surface area contributed by atoms with E-state index in [9.17, 15) is 9.59 Å². The van der Waals surface area contributed by atoms with Gasteiger partial charge in [0.2, 0.25) is 0 Å². The van der Waals surface area contributed by atoms with E-state index >= 15 is 0 Å². The summed E-state index contributed by atoms with van der Waals surface area (Å²) in [6, 6.07) is 0. The highest BCUT2D eigenvalue weighted by Crippen LogP contribution is 2.18. The lowest BCUT2D eigenvalue weighted by Gasteiger charge is -2.29. The number of amides is 1. The molecule has 1 unspecified atom stereocenters. The number of rotatable bonds is 4. The molecule has 1 saturated heterocycles. The summed E-state index contributed by atoms with van der Waals surface area (Å²) in [5.41, 5.74) is -1.75. The first-order valence-electron chi connectivity index (χ1n) is 6.29. The fourth-order valence-electron chi connectivity index (χ4n) is 1.80. The number of esters is 1. The van der Waals surface area contributed by atoms with Gasteiger partial charge in [0, 0.05) is 6.54 Å². The molecule has 110 valence electrons. The van der Waals surface area contributed by atoms with Gasteiger partial charge in [-0.25, -0.2) is 9.59 Å². The number of nitrogens with one attached hydrogen (secondary N) is 2. The number of alkyl carbamates (subject to hydrolysis) is 1. The van der Waals surface area contributed by atoms with E-state index in [1.54, 1.807) is 20.8 Å². The summed E-state index contributed by atoms with van der Waals surface area (Å²) in [6.07, 6.45) is -0.228. The van der Waals surface area contributed by atoms with Crippen LogP contribution in [0.2, 0.25) is 0 Å². The van der Waals surface area contributed by atoms with Crippen LogP contribution in [0.15, 0.2) is 0 Å². The van der Waals surface area contributed by atoms with Crippen molar-refractivity contribution in [2.24, 2.45) is 0 Å². The van der Waals surface area contributed by atoms with Crippen molar-refractivity contribution in [1.29, 1.82) is 0 Å². The van der Waals surface area contributed by atoms with Crippen molar-refractivity contribution in [2.45, 2.75) is 38.3 Å². The first kappa shape index (κ1) is 15.7. The third-order valence-corrected chi connectivity index (χ3v) is 2.61. The number of hydrogen-bond acceptors (Lipinski definition) is 6. The van der Waals surface area contributed by atoms with E-state index in [-0.39, 0.29) is 19.8 Å². The Bertz CT molecular complexity index is 332. The Morgan fingerprint density at radius 2 is 2.11 bits per heavy atom. The monoisotopic (exact) mass is 274 g/mol. The van der Waals surface area contributed by atoms with Crippen molar-refractivity contribution in [1.82, 2.24) is 10.6 Å². The zero-order chi connectivity index (χ0) is 14.5. The van der Waals surface area contributed by atoms with Gasteiger partial charge in [-0.2, -0.15) is 0 Å². The summed E-state index contributed by atoms with van der Waals surface area (Å²) in [5, 5.41) is 14.3. The molecule has 0 aromatic rings. The summed E-state index contributed by atoms with van der Waals surface area (Å²) in [5.74, 6) is -0.558. The number of carbonyl (C=O) groups is 2. The molecule has 0 aliphatic carbocycles. The second kappa shape index (κ2) is 6.21. The van der Waals surface area contributed by atoms with E-state index < -0.39 is 23.2 Å². The van der Waals surface area contributed by atoms with Gasteiger partial charge in [0.1, 0.15) is 12.2 Å². The van der Waals surface area contributed by atoms with Crippen molar-refractivity contribution in [3.05, 3.63) is 0 Å². The first-order valence-corrected chi connectivity index (χ1v) is 6.29. The van der Waals surface area contributed by atoms with Crippen molar-refractivity contribution < 1.29 is 24.2 Å². The fourth-order valence-corrected chi connectivity index (χ4v) is 1.80. The van der Waals surface area contributed by atoms with E-state index in [1.165, 1.54) is 0 Å². The minimum atomic E-state index is -1.11. The maximum Gasteiger partial charge on any atom is 0.408 e. The van der Waals surface area contributed by atoms with Gasteiger partial charge in [-0.3, -0.25) is 0 Å². The van der Waals surface area contributed by atoms with Crippen LogP contribution in [0.4, 0.5) is 4.79 Å². The molecule has 1 heterocycles. The molecule has 0 saturated carbocycles. The molecule has 19 heavy (non-hydrogen) atoms. The molecule has 1 aliphatic heterocycles. The zero-order valence-corrected chi connectivity index (χ0v) is 11.6. The lowest BCUT2D eigenvalue weighted by Crippen LogP contribution is -2.57. The maximum atomic E-state index is 12.0. The number of carbonyl (C=O) groups excluding carboxylic acids is 2. The molecule has 3 N–H and O–H groups in total. The smallest absolute Gasteiger partial charge is 0.408 e. The van der Waals surface area contributed by atoms with Crippen LogP contribution < -0.4 is 10.6 Å². The lowest BCUT2D eigenvalue weighted by atomic mass is 9.99. The molecule has 0 spiro atoms. The van der Waals surface area contributed by atoms with Crippen LogP contribution in [0.25, 0.3) is 0 Å². The summed E-state index contributed by atoms with van der Waals surface area (Å²) in [7, 11) is 0. The van der Waals surface area contributed by atoms with E-state index in [0.717, 1.165) is 0 Å². The molecule has 1 atom stereocenters. The minimum absolute atomic E-state index is 0.0867. The summed E-state index contributed by atoms with van der Waals surface area (Å²) in [4.78, 5) is 23.8. The van der Waals surface area contributed by atoms with Gasteiger partial charge in [0.25, 0.3) is 0 Å². The van der Waals surface area contributed by atoms with Crippen LogP contribution in [-0.2, 0) is 14.3 Å². The van der Waals surface area contributed by atoms with Gasteiger partial charge in [0.15, 0.2) is 5.54 Å². The Morgan fingerprint density at radius 1 is 1.42 bits per heavy atom. The third-order valence-electron chi connectivity index (χ3n) is 2.61. The molecule has 1 aliphatic rings. The quantitative estimate of drug-likeness (QED) is 0.613. The van der Waals surface area contributed by atoms with Crippen LogP contribution in [0.3, 0.4) is 0 Å². The van der Waals surface area contributed by atoms with E-state index in [1.807, 2.05) is 0 Å². The van der Waals surface area contributed by atoms with Gasteiger partial charge in [0.05, 0.1) is 6.61 Å². The van der Waals surface area contributed by atoms with Gasteiger partial charge < -0.3 is 25.2 Å². The van der Waals surface area contributed by atoms with Crippen molar-refractivity contribution >= 4 is 12.1 Å². The van der Waals surface area contributed by atoms with Crippen LogP contribution in [0.1, 0.15) is 27.2 Å². The number of hydrogen-bond donors (Lipinski definition) is 3. The van der Waals surface area contributed by atoms with E-state index in [4.69, 9.17) is 14.6 Å². The van der Waals surface area contributed by atoms with Gasteiger partial charge >= 0.3 is 12.1 Å². The molecule has 7 nitrogen and oxygen atoms in total. The summed E-state index contributed by atoms with van der Waals surface area (Å²) < 4.78 is 10.1. The summed E-state index contributed by atoms with van der Waals surface area (Å²) >= 11 is 0. The molecule has 1 rings (SSSR count). The Kier molecular flexibility index (Phi) is 5.13. The third kappa shape index (κ3) is 4.68. The Hall–Kier alpha value is -1.34. The van der Waals surface area contributed by atoms with Gasteiger partial charge in [-0.1, -0.05) is 0 Å². The van der Waals surface area contributed by atoms with Crippen LogP contribution >= 0.6 is 0 Å². The van der Waals surface area contributed by atoms with Crippen LogP contribution in [0.5, 0.6) is 0 Å². The molecular formula is C12H22N2O5.